The van der Waals surface area contributed by atoms with Crippen molar-refractivity contribution in [2.75, 3.05) is 25.5 Å². The molecule has 140 valence electrons. The maximum absolute atomic E-state index is 12.5. The highest BCUT2D eigenvalue weighted by Gasteiger charge is 2.52. The van der Waals surface area contributed by atoms with E-state index in [2.05, 4.69) is 10.6 Å². The van der Waals surface area contributed by atoms with Crippen LogP contribution in [0.15, 0.2) is 18.2 Å². The van der Waals surface area contributed by atoms with E-state index < -0.39 is 17.4 Å². The molecule has 26 heavy (non-hydrogen) atoms. The summed E-state index contributed by atoms with van der Waals surface area (Å²) in [5.74, 6) is -1.21. The van der Waals surface area contributed by atoms with Gasteiger partial charge in [0.2, 0.25) is 5.91 Å². The predicted molar refractivity (Wildman–Crippen MR) is 94.2 cm³/mol. The Kier molecular flexibility index (Phi) is 4.76. The highest BCUT2D eigenvalue weighted by Crippen LogP contribution is 2.37. The zero-order valence-corrected chi connectivity index (χ0v) is 14.9. The number of anilines is 1. The number of ether oxygens (including phenoxy) is 1. The van der Waals surface area contributed by atoms with Crippen LogP contribution in [0.4, 0.5) is 10.5 Å². The first-order chi connectivity index (χ1) is 12.3. The lowest BCUT2D eigenvalue weighted by Crippen LogP contribution is -2.57. The summed E-state index contributed by atoms with van der Waals surface area (Å²) < 4.78 is 5.16. The van der Waals surface area contributed by atoms with Gasteiger partial charge in [0.25, 0.3) is 0 Å². The summed E-state index contributed by atoms with van der Waals surface area (Å²) in [6.07, 6.45) is 0.877. The van der Waals surface area contributed by atoms with Crippen molar-refractivity contribution in [2.24, 2.45) is 5.92 Å². The first kappa shape index (κ1) is 18.0. The number of benzene rings is 1. The van der Waals surface area contributed by atoms with Crippen LogP contribution in [0.25, 0.3) is 0 Å². The minimum Gasteiger partial charge on any atom is -0.497 e. The molecule has 2 aliphatic rings. The second kappa shape index (κ2) is 6.86. The molecule has 0 saturated carbocycles. The summed E-state index contributed by atoms with van der Waals surface area (Å²) in [4.78, 5) is 37.4. The maximum Gasteiger partial charge on any atom is 0.321 e. The fourth-order valence-electron chi connectivity index (χ4n) is 3.80. The molecule has 2 saturated heterocycles. The Balaban J connectivity index is 1.64. The lowest BCUT2D eigenvalue weighted by atomic mass is 9.78. The number of rotatable bonds is 3. The highest BCUT2D eigenvalue weighted by atomic mass is 16.5. The van der Waals surface area contributed by atoms with E-state index in [1.165, 1.54) is 0 Å². The van der Waals surface area contributed by atoms with E-state index >= 15 is 0 Å². The number of urea groups is 1. The third kappa shape index (κ3) is 3.31. The Bertz CT molecular complexity index is 740. The topological polar surface area (TPSA) is 108 Å². The van der Waals surface area contributed by atoms with Gasteiger partial charge in [0.1, 0.15) is 5.75 Å². The minimum atomic E-state index is -0.963. The van der Waals surface area contributed by atoms with Crippen LogP contribution < -0.4 is 15.4 Å². The van der Waals surface area contributed by atoms with Gasteiger partial charge in [-0.05, 0) is 43.5 Å². The Morgan fingerprint density at radius 1 is 1.35 bits per heavy atom. The lowest BCUT2D eigenvalue weighted by Gasteiger charge is -2.41. The molecule has 0 radical (unpaired) electrons. The molecule has 1 unspecified atom stereocenters. The summed E-state index contributed by atoms with van der Waals surface area (Å²) in [6, 6.07) is 5.17. The molecule has 2 fully saturated rings. The van der Waals surface area contributed by atoms with Crippen LogP contribution in [0.2, 0.25) is 0 Å². The molecule has 0 aliphatic carbocycles. The Morgan fingerprint density at radius 2 is 2.04 bits per heavy atom. The van der Waals surface area contributed by atoms with Gasteiger partial charge in [-0.1, -0.05) is 0 Å². The summed E-state index contributed by atoms with van der Waals surface area (Å²) >= 11 is 0. The molecule has 0 bridgehead atoms. The average Bonchev–Trinajstić information content (AvgIpc) is 2.93. The van der Waals surface area contributed by atoms with E-state index in [4.69, 9.17) is 4.74 Å². The van der Waals surface area contributed by atoms with Crippen molar-refractivity contribution in [1.82, 2.24) is 10.2 Å². The van der Waals surface area contributed by atoms with Crippen LogP contribution in [-0.2, 0) is 9.59 Å². The summed E-state index contributed by atoms with van der Waals surface area (Å²) in [6.45, 7) is 2.67. The highest BCUT2D eigenvalue weighted by molar-refractivity contribution is 5.91. The van der Waals surface area contributed by atoms with Crippen LogP contribution in [0.3, 0.4) is 0 Å². The van der Waals surface area contributed by atoms with E-state index in [-0.39, 0.29) is 18.4 Å². The van der Waals surface area contributed by atoms with Gasteiger partial charge in [0.05, 0.1) is 18.6 Å². The number of methoxy groups -OCH3 is 1. The van der Waals surface area contributed by atoms with Gasteiger partial charge in [-0.15, -0.1) is 0 Å². The number of hydrogen-bond acceptors (Lipinski definition) is 4. The smallest absolute Gasteiger partial charge is 0.321 e. The number of nitrogens with zero attached hydrogens (tertiary/aromatic N) is 1. The van der Waals surface area contributed by atoms with Gasteiger partial charge in [-0.2, -0.15) is 0 Å². The molecular weight excluding hydrogens is 338 g/mol. The van der Waals surface area contributed by atoms with Crippen molar-refractivity contribution in [3.05, 3.63) is 23.8 Å². The largest absolute Gasteiger partial charge is 0.497 e. The maximum atomic E-state index is 12.5. The van der Waals surface area contributed by atoms with Crippen molar-refractivity contribution in [2.45, 2.75) is 31.7 Å². The summed E-state index contributed by atoms with van der Waals surface area (Å²) in [7, 11) is 1.59. The predicted octanol–water partition coefficient (Wildman–Crippen LogP) is 1.59. The number of likely N-dealkylation sites (tertiary alicyclic amines) is 1. The summed E-state index contributed by atoms with van der Waals surface area (Å²) in [5, 5.41) is 15.1. The zero-order chi connectivity index (χ0) is 18.9. The molecule has 1 aromatic rings. The Labute approximate surface area is 151 Å². The number of carboxylic acid groups (broad SMARTS) is 1. The standard InChI is InChI=1S/C18H23N3O5/c1-11-9-12(26-2)3-4-14(11)19-17(25)21-7-5-18(6-8-21)13(16(23)24)10-15(22)20-18/h3-4,9,13H,5-8,10H2,1-2H3,(H,19,25)(H,20,22)(H,23,24). The van der Waals surface area contributed by atoms with Crippen LogP contribution in [0.1, 0.15) is 24.8 Å². The summed E-state index contributed by atoms with van der Waals surface area (Å²) in [5.41, 5.74) is 0.851. The van der Waals surface area contributed by atoms with Gasteiger partial charge < -0.3 is 25.4 Å². The number of aliphatic carboxylic acids is 1. The number of carboxylic acids is 1. The molecule has 2 heterocycles. The SMILES string of the molecule is COc1ccc(NC(=O)N2CCC3(CC2)NC(=O)CC3C(=O)O)c(C)c1. The van der Waals surface area contributed by atoms with Crippen molar-refractivity contribution in [3.63, 3.8) is 0 Å². The van der Waals surface area contributed by atoms with E-state index in [0.29, 0.717) is 31.6 Å². The van der Waals surface area contributed by atoms with Gasteiger partial charge in [-0.3, -0.25) is 9.59 Å². The molecule has 8 heteroatoms. The first-order valence-electron chi connectivity index (χ1n) is 8.59. The second-order valence-corrected chi connectivity index (χ2v) is 6.90. The van der Waals surface area contributed by atoms with Gasteiger partial charge >= 0.3 is 12.0 Å². The number of nitrogens with one attached hydrogen (secondary N) is 2. The third-order valence-electron chi connectivity index (χ3n) is 5.36. The van der Waals surface area contributed by atoms with E-state index in [0.717, 1.165) is 11.3 Å². The van der Waals surface area contributed by atoms with Crippen molar-refractivity contribution >= 4 is 23.6 Å². The molecule has 1 atom stereocenters. The molecule has 8 nitrogen and oxygen atoms in total. The van der Waals surface area contributed by atoms with Gasteiger partial charge in [0.15, 0.2) is 0 Å². The number of aryl methyl sites for hydroxylation is 1. The van der Waals surface area contributed by atoms with Gasteiger partial charge in [0, 0.05) is 25.2 Å². The van der Waals surface area contributed by atoms with E-state index in [9.17, 15) is 19.5 Å². The number of carbonyl (C=O) groups is 3. The molecule has 3 amide bonds. The van der Waals surface area contributed by atoms with Crippen LogP contribution in [0.5, 0.6) is 5.75 Å². The quantitative estimate of drug-likeness (QED) is 0.758. The molecule has 3 N–H and O–H groups in total. The third-order valence-corrected chi connectivity index (χ3v) is 5.36. The fourth-order valence-corrected chi connectivity index (χ4v) is 3.80. The average molecular weight is 361 g/mol. The normalized spacial score (nSPS) is 21.4. The monoisotopic (exact) mass is 361 g/mol. The van der Waals surface area contributed by atoms with E-state index in [1.807, 2.05) is 13.0 Å². The van der Waals surface area contributed by atoms with Crippen LogP contribution >= 0.6 is 0 Å². The molecule has 0 aromatic heterocycles. The Hall–Kier alpha value is -2.77. The number of hydrogen-bond donors (Lipinski definition) is 3. The molecule has 1 spiro atoms. The molecular formula is C18H23N3O5. The van der Waals surface area contributed by atoms with Crippen molar-refractivity contribution < 1.29 is 24.2 Å². The second-order valence-electron chi connectivity index (χ2n) is 6.90. The lowest BCUT2D eigenvalue weighted by molar-refractivity contribution is -0.144. The van der Waals surface area contributed by atoms with Crippen molar-refractivity contribution in [3.8, 4) is 5.75 Å². The minimum absolute atomic E-state index is 0.00652. The number of carbonyl (C=O) groups excluding carboxylic acids is 2. The number of amides is 3. The van der Waals surface area contributed by atoms with Gasteiger partial charge in [-0.25, -0.2) is 4.79 Å². The van der Waals surface area contributed by atoms with E-state index in [1.54, 1.807) is 24.1 Å². The fraction of sp³-hybridized carbons (Fsp3) is 0.500. The molecule has 3 rings (SSSR count). The van der Waals surface area contributed by atoms with Crippen LogP contribution in [-0.4, -0.2) is 53.7 Å². The number of piperidine rings is 1. The van der Waals surface area contributed by atoms with Crippen LogP contribution in [0, 0.1) is 12.8 Å². The zero-order valence-electron chi connectivity index (χ0n) is 14.9. The molecule has 1 aromatic carbocycles. The van der Waals surface area contributed by atoms with Crippen molar-refractivity contribution in [1.29, 1.82) is 0 Å². The first-order valence-corrected chi connectivity index (χ1v) is 8.59. The Morgan fingerprint density at radius 3 is 2.62 bits per heavy atom. The molecule has 2 aliphatic heterocycles.